The van der Waals surface area contributed by atoms with Crippen LogP contribution in [0.2, 0.25) is 0 Å². The van der Waals surface area contributed by atoms with Crippen molar-refractivity contribution >= 4 is 17.3 Å². The summed E-state index contributed by atoms with van der Waals surface area (Å²) >= 11 is 0. The van der Waals surface area contributed by atoms with E-state index in [1.807, 2.05) is 12.1 Å². The van der Waals surface area contributed by atoms with Crippen LogP contribution in [0.1, 0.15) is 10.4 Å². The Balaban J connectivity index is 1.76. The molecule has 0 saturated heterocycles. The number of hydrogen-bond donors (Lipinski definition) is 1. The first-order chi connectivity index (χ1) is 10.8. The molecule has 4 aromatic rings. The first-order valence-electron chi connectivity index (χ1n) is 6.60. The Morgan fingerprint density at radius 3 is 2.82 bits per heavy atom. The summed E-state index contributed by atoms with van der Waals surface area (Å²) in [5.41, 5.74) is 2.73. The number of nitrogens with zero attached hydrogens (tertiary/aromatic N) is 5. The molecule has 0 fully saturated rings. The van der Waals surface area contributed by atoms with Crippen molar-refractivity contribution in [1.29, 1.82) is 0 Å². The third-order valence-corrected chi connectivity index (χ3v) is 3.36. The third-order valence-electron chi connectivity index (χ3n) is 3.36. The molecular weight excluding hydrogens is 280 g/mol. The van der Waals surface area contributed by atoms with Crippen LogP contribution >= 0.6 is 0 Å². The molecule has 0 aliphatic heterocycles. The van der Waals surface area contributed by atoms with E-state index < -0.39 is 0 Å². The molecule has 7 heteroatoms. The Labute approximate surface area is 124 Å². The molecule has 0 unspecified atom stereocenters. The smallest absolute Gasteiger partial charge is 0.171 e. The molecule has 0 spiro atoms. The van der Waals surface area contributed by atoms with E-state index in [-0.39, 0.29) is 0 Å². The van der Waals surface area contributed by atoms with E-state index in [1.165, 1.54) is 0 Å². The molecule has 0 amide bonds. The van der Waals surface area contributed by atoms with Crippen molar-refractivity contribution in [1.82, 2.24) is 29.7 Å². The summed E-state index contributed by atoms with van der Waals surface area (Å²) in [6, 6.07) is 3.69. The maximum atomic E-state index is 11.0. The number of pyridine rings is 1. The Kier molecular flexibility index (Phi) is 2.75. The van der Waals surface area contributed by atoms with Gasteiger partial charge in [-0.2, -0.15) is 5.10 Å². The maximum Gasteiger partial charge on any atom is 0.171 e. The summed E-state index contributed by atoms with van der Waals surface area (Å²) < 4.78 is 1.63. The summed E-state index contributed by atoms with van der Waals surface area (Å²) in [4.78, 5) is 27.0. The van der Waals surface area contributed by atoms with E-state index in [0.717, 1.165) is 17.2 Å². The molecule has 0 aromatic carbocycles. The van der Waals surface area contributed by atoms with Gasteiger partial charge in [0.05, 0.1) is 18.1 Å². The largest absolute Gasteiger partial charge is 0.345 e. The Morgan fingerprint density at radius 1 is 1.14 bits per heavy atom. The van der Waals surface area contributed by atoms with Crippen molar-refractivity contribution in [3.63, 3.8) is 0 Å². The van der Waals surface area contributed by atoms with Gasteiger partial charge in [-0.25, -0.2) is 14.6 Å². The van der Waals surface area contributed by atoms with Crippen LogP contribution in [0.15, 0.2) is 49.3 Å². The quantitative estimate of drug-likeness (QED) is 0.583. The van der Waals surface area contributed by atoms with Gasteiger partial charge in [-0.3, -0.25) is 9.78 Å². The first-order valence-corrected chi connectivity index (χ1v) is 6.60. The molecular formula is C15H10N6O. The van der Waals surface area contributed by atoms with Crippen molar-refractivity contribution in [2.24, 2.45) is 0 Å². The highest BCUT2D eigenvalue weighted by Gasteiger charge is 2.08. The second kappa shape index (κ2) is 4.88. The maximum absolute atomic E-state index is 11.0. The lowest BCUT2D eigenvalue weighted by molar-refractivity contribution is 0.112. The fourth-order valence-corrected chi connectivity index (χ4v) is 2.25. The van der Waals surface area contributed by atoms with Gasteiger partial charge in [-0.15, -0.1) is 0 Å². The van der Waals surface area contributed by atoms with E-state index in [1.54, 1.807) is 41.9 Å². The normalized spacial score (nSPS) is 10.9. The molecule has 4 rings (SSSR count). The molecule has 0 atom stereocenters. The van der Waals surface area contributed by atoms with Crippen LogP contribution in [-0.4, -0.2) is 36.0 Å². The monoisotopic (exact) mass is 290 g/mol. The molecule has 0 aliphatic carbocycles. The molecule has 4 aromatic heterocycles. The fourth-order valence-electron chi connectivity index (χ4n) is 2.25. The average Bonchev–Trinajstić information content (AvgIpc) is 3.24. The van der Waals surface area contributed by atoms with Crippen LogP contribution in [0, 0.1) is 0 Å². The molecule has 0 radical (unpaired) electrons. The number of H-pyrrole nitrogens is 1. The second-order valence-electron chi connectivity index (χ2n) is 4.69. The zero-order valence-corrected chi connectivity index (χ0v) is 11.3. The number of aromatic amines is 1. The summed E-state index contributed by atoms with van der Waals surface area (Å²) in [5.74, 6) is 0.637. The van der Waals surface area contributed by atoms with E-state index >= 15 is 0 Å². The van der Waals surface area contributed by atoms with Crippen LogP contribution < -0.4 is 0 Å². The number of hydrogen-bond acceptors (Lipinski definition) is 5. The molecule has 7 nitrogen and oxygen atoms in total. The predicted molar refractivity (Wildman–Crippen MR) is 79.6 cm³/mol. The van der Waals surface area contributed by atoms with Crippen LogP contribution in [0.4, 0.5) is 0 Å². The van der Waals surface area contributed by atoms with Crippen LogP contribution in [0.25, 0.3) is 28.1 Å². The number of aromatic nitrogens is 6. The zero-order chi connectivity index (χ0) is 14.9. The van der Waals surface area contributed by atoms with E-state index in [4.69, 9.17) is 0 Å². The van der Waals surface area contributed by atoms with Crippen LogP contribution in [0.3, 0.4) is 0 Å². The standard InChI is InChI=1S/C15H10N6O/c22-9-11-6-19-15-12(11)4-10(5-18-15)13-7-17-14(8-16-13)21-3-1-2-20-21/h1-9H,(H,18,19). The van der Waals surface area contributed by atoms with Crippen LogP contribution in [-0.2, 0) is 0 Å². The topological polar surface area (TPSA) is 89.4 Å². The highest BCUT2D eigenvalue weighted by molar-refractivity contribution is 5.97. The van der Waals surface area contributed by atoms with E-state index in [2.05, 4.69) is 25.0 Å². The number of nitrogens with one attached hydrogen (secondary N) is 1. The van der Waals surface area contributed by atoms with Gasteiger partial charge in [0, 0.05) is 41.3 Å². The molecule has 106 valence electrons. The summed E-state index contributed by atoms with van der Waals surface area (Å²) in [6.07, 6.45) is 10.9. The van der Waals surface area contributed by atoms with Crippen molar-refractivity contribution in [2.75, 3.05) is 0 Å². The first kappa shape index (κ1) is 12.4. The lowest BCUT2D eigenvalue weighted by atomic mass is 10.1. The van der Waals surface area contributed by atoms with Crippen molar-refractivity contribution in [3.05, 3.63) is 54.9 Å². The zero-order valence-electron chi connectivity index (χ0n) is 11.3. The lowest BCUT2D eigenvalue weighted by Gasteiger charge is -2.03. The van der Waals surface area contributed by atoms with E-state index in [9.17, 15) is 4.79 Å². The Bertz CT molecular complexity index is 940. The van der Waals surface area contributed by atoms with Gasteiger partial charge >= 0.3 is 0 Å². The van der Waals surface area contributed by atoms with Gasteiger partial charge in [0.1, 0.15) is 5.65 Å². The molecule has 4 heterocycles. The minimum Gasteiger partial charge on any atom is -0.345 e. The van der Waals surface area contributed by atoms with Crippen molar-refractivity contribution in [3.8, 4) is 17.1 Å². The summed E-state index contributed by atoms with van der Waals surface area (Å²) in [6.45, 7) is 0. The number of aldehydes is 1. The Hall–Kier alpha value is -3.35. The average molecular weight is 290 g/mol. The van der Waals surface area contributed by atoms with Gasteiger partial charge in [-0.05, 0) is 12.1 Å². The number of carbonyl (C=O) groups is 1. The Morgan fingerprint density at radius 2 is 2.09 bits per heavy atom. The van der Waals surface area contributed by atoms with E-state index in [0.29, 0.717) is 22.7 Å². The molecule has 22 heavy (non-hydrogen) atoms. The highest BCUT2D eigenvalue weighted by Crippen LogP contribution is 2.22. The van der Waals surface area contributed by atoms with Gasteiger partial charge in [0.25, 0.3) is 0 Å². The minimum atomic E-state index is 0.575. The van der Waals surface area contributed by atoms with Gasteiger partial charge in [0.2, 0.25) is 0 Å². The second-order valence-corrected chi connectivity index (χ2v) is 4.69. The highest BCUT2D eigenvalue weighted by atomic mass is 16.1. The lowest BCUT2D eigenvalue weighted by Crippen LogP contribution is -1.99. The van der Waals surface area contributed by atoms with Gasteiger partial charge < -0.3 is 4.98 Å². The van der Waals surface area contributed by atoms with Gasteiger partial charge in [0.15, 0.2) is 12.1 Å². The molecule has 0 bridgehead atoms. The van der Waals surface area contributed by atoms with Crippen LogP contribution in [0.5, 0.6) is 0 Å². The number of rotatable bonds is 3. The third kappa shape index (κ3) is 1.96. The summed E-state index contributed by atoms with van der Waals surface area (Å²) in [7, 11) is 0. The predicted octanol–water partition coefficient (Wildman–Crippen LogP) is 2.02. The fraction of sp³-hybridized carbons (Fsp3) is 0. The number of carbonyl (C=O) groups excluding carboxylic acids is 1. The van der Waals surface area contributed by atoms with Crippen molar-refractivity contribution < 1.29 is 4.79 Å². The summed E-state index contributed by atoms with van der Waals surface area (Å²) in [5, 5.41) is 4.87. The SMILES string of the molecule is O=Cc1c[nH]c2ncc(-c3cnc(-n4cccn4)cn3)cc12. The van der Waals surface area contributed by atoms with Gasteiger partial charge in [-0.1, -0.05) is 0 Å². The van der Waals surface area contributed by atoms with Crippen molar-refractivity contribution in [2.45, 2.75) is 0 Å². The molecule has 1 N–H and O–H groups in total. The molecule has 0 saturated carbocycles. The number of fused-ring (bicyclic) bond motifs is 1. The molecule has 0 aliphatic rings. The minimum absolute atomic E-state index is 0.575.